The number of amides is 3. The maximum absolute atomic E-state index is 11.1. The number of hydrogen-bond donors (Lipinski definition) is 2. The van der Waals surface area contributed by atoms with Crippen LogP contribution in [0.3, 0.4) is 0 Å². The lowest BCUT2D eigenvalue weighted by Crippen LogP contribution is -2.43. The summed E-state index contributed by atoms with van der Waals surface area (Å²) in [6.07, 6.45) is 0. The van der Waals surface area contributed by atoms with Crippen LogP contribution in [-0.4, -0.2) is 41.6 Å². The van der Waals surface area contributed by atoms with Gasteiger partial charge in [-0.3, -0.25) is 10.1 Å². The van der Waals surface area contributed by atoms with Gasteiger partial charge in [0.1, 0.15) is 6.61 Å². The van der Waals surface area contributed by atoms with Crippen LogP contribution in [0.4, 0.5) is 4.79 Å². The average Bonchev–Trinajstić information content (AvgIpc) is 2.06. The number of aliphatic hydroxyl groups is 1. The molecule has 0 saturated heterocycles. The molecule has 0 radical (unpaired) electrons. The smallest absolute Gasteiger partial charge is 0.324 e. The van der Waals surface area contributed by atoms with Gasteiger partial charge in [0.2, 0.25) is 0 Å². The SMILES string of the molecule is CCN(CC)C(=O)NC(=O)CO. The van der Waals surface area contributed by atoms with E-state index in [4.69, 9.17) is 5.11 Å². The molecular formula is C7H14N2O3. The van der Waals surface area contributed by atoms with E-state index in [-0.39, 0.29) is 0 Å². The first kappa shape index (κ1) is 10.9. The maximum Gasteiger partial charge on any atom is 0.324 e. The summed E-state index contributed by atoms with van der Waals surface area (Å²) in [5, 5.41) is 10.4. The second kappa shape index (κ2) is 5.54. The van der Waals surface area contributed by atoms with Crippen molar-refractivity contribution in [3.63, 3.8) is 0 Å². The lowest BCUT2D eigenvalue weighted by molar-refractivity contribution is -0.122. The van der Waals surface area contributed by atoms with Crippen LogP contribution in [0, 0.1) is 0 Å². The van der Waals surface area contributed by atoms with Gasteiger partial charge in [0.05, 0.1) is 0 Å². The summed E-state index contributed by atoms with van der Waals surface area (Å²) < 4.78 is 0. The number of rotatable bonds is 3. The van der Waals surface area contributed by atoms with Crippen LogP contribution in [0.15, 0.2) is 0 Å². The molecule has 0 bridgehead atoms. The normalized spacial score (nSPS) is 9.25. The molecule has 0 aliphatic carbocycles. The molecule has 5 heteroatoms. The number of hydrogen-bond acceptors (Lipinski definition) is 3. The minimum Gasteiger partial charge on any atom is -0.387 e. The van der Waals surface area contributed by atoms with E-state index in [1.165, 1.54) is 4.90 Å². The van der Waals surface area contributed by atoms with Gasteiger partial charge in [0.25, 0.3) is 5.91 Å². The van der Waals surface area contributed by atoms with E-state index >= 15 is 0 Å². The summed E-state index contributed by atoms with van der Waals surface area (Å²) in [4.78, 5) is 23.1. The molecule has 0 aliphatic heterocycles. The molecule has 2 N–H and O–H groups in total. The van der Waals surface area contributed by atoms with Crippen molar-refractivity contribution in [3.05, 3.63) is 0 Å². The number of carbonyl (C=O) groups excluding carboxylic acids is 2. The third-order valence-electron chi connectivity index (χ3n) is 1.44. The van der Waals surface area contributed by atoms with Gasteiger partial charge < -0.3 is 10.0 Å². The second-order valence-corrected chi connectivity index (χ2v) is 2.18. The van der Waals surface area contributed by atoms with Crippen LogP contribution in [-0.2, 0) is 4.79 Å². The Balaban J connectivity index is 3.92. The first-order valence-electron chi connectivity index (χ1n) is 3.85. The Kier molecular flexibility index (Phi) is 5.03. The summed E-state index contributed by atoms with van der Waals surface area (Å²) in [6, 6.07) is -0.459. The van der Waals surface area contributed by atoms with Gasteiger partial charge in [-0.2, -0.15) is 0 Å². The molecule has 0 aromatic heterocycles. The van der Waals surface area contributed by atoms with E-state index in [9.17, 15) is 9.59 Å². The number of nitrogens with zero attached hydrogens (tertiary/aromatic N) is 1. The van der Waals surface area contributed by atoms with E-state index < -0.39 is 18.5 Å². The summed E-state index contributed by atoms with van der Waals surface area (Å²) >= 11 is 0. The minimum atomic E-state index is -0.674. The summed E-state index contributed by atoms with van der Waals surface area (Å²) in [5.41, 5.74) is 0. The van der Waals surface area contributed by atoms with Gasteiger partial charge in [0.15, 0.2) is 0 Å². The van der Waals surface area contributed by atoms with Gasteiger partial charge in [-0.15, -0.1) is 0 Å². The Hall–Kier alpha value is -1.10. The van der Waals surface area contributed by atoms with E-state index in [0.29, 0.717) is 13.1 Å². The third-order valence-corrected chi connectivity index (χ3v) is 1.44. The molecule has 0 unspecified atom stereocenters. The Bertz CT molecular complexity index is 166. The Morgan fingerprint density at radius 3 is 2.17 bits per heavy atom. The van der Waals surface area contributed by atoms with Crippen LogP contribution in [0.5, 0.6) is 0 Å². The van der Waals surface area contributed by atoms with E-state index in [2.05, 4.69) is 0 Å². The quantitative estimate of drug-likeness (QED) is 0.609. The molecule has 0 aromatic rings. The first-order valence-corrected chi connectivity index (χ1v) is 3.85. The molecule has 0 spiro atoms. The van der Waals surface area contributed by atoms with Gasteiger partial charge in [-0.05, 0) is 13.8 Å². The zero-order valence-electron chi connectivity index (χ0n) is 7.33. The zero-order valence-corrected chi connectivity index (χ0v) is 7.33. The van der Waals surface area contributed by atoms with Crippen molar-refractivity contribution in [2.75, 3.05) is 19.7 Å². The second-order valence-electron chi connectivity index (χ2n) is 2.18. The topological polar surface area (TPSA) is 69.6 Å². The van der Waals surface area contributed by atoms with Crippen molar-refractivity contribution in [3.8, 4) is 0 Å². The van der Waals surface area contributed by atoms with Crippen molar-refractivity contribution in [2.45, 2.75) is 13.8 Å². The van der Waals surface area contributed by atoms with Crippen molar-refractivity contribution >= 4 is 11.9 Å². The molecule has 12 heavy (non-hydrogen) atoms. The highest BCUT2D eigenvalue weighted by molar-refractivity contribution is 5.94. The highest BCUT2D eigenvalue weighted by Gasteiger charge is 2.11. The molecule has 0 heterocycles. The number of nitrogens with one attached hydrogen (secondary N) is 1. The fourth-order valence-electron chi connectivity index (χ4n) is 0.749. The Labute approximate surface area is 71.4 Å². The summed E-state index contributed by atoms with van der Waals surface area (Å²) in [6.45, 7) is 4.05. The summed E-state index contributed by atoms with van der Waals surface area (Å²) in [5.74, 6) is -0.674. The summed E-state index contributed by atoms with van der Waals surface area (Å²) in [7, 11) is 0. The maximum atomic E-state index is 11.1. The lowest BCUT2D eigenvalue weighted by atomic mass is 10.5. The molecular weight excluding hydrogens is 160 g/mol. The van der Waals surface area contributed by atoms with Gasteiger partial charge in [0, 0.05) is 13.1 Å². The van der Waals surface area contributed by atoms with Gasteiger partial charge in [-0.25, -0.2) is 4.79 Å². The average molecular weight is 174 g/mol. The predicted molar refractivity (Wildman–Crippen MR) is 43.5 cm³/mol. The molecule has 5 nitrogen and oxygen atoms in total. The van der Waals surface area contributed by atoms with E-state index in [1.54, 1.807) is 0 Å². The van der Waals surface area contributed by atoms with Crippen LogP contribution in [0.2, 0.25) is 0 Å². The first-order chi connectivity index (χ1) is 5.65. The number of urea groups is 1. The van der Waals surface area contributed by atoms with Crippen LogP contribution in [0.1, 0.15) is 13.8 Å². The molecule has 0 saturated carbocycles. The van der Waals surface area contributed by atoms with Gasteiger partial charge in [-0.1, -0.05) is 0 Å². The van der Waals surface area contributed by atoms with Crippen molar-refractivity contribution in [2.24, 2.45) is 0 Å². The molecule has 0 aliphatic rings. The number of carbonyl (C=O) groups is 2. The van der Waals surface area contributed by atoms with Crippen molar-refractivity contribution in [1.82, 2.24) is 10.2 Å². The Morgan fingerprint density at radius 1 is 1.33 bits per heavy atom. The van der Waals surface area contributed by atoms with Crippen LogP contribution >= 0.6 is 0 Å². The van der Waals surface area contributed by atoms with Crippen LogP contribution in [0.25, 0.3) is 0 Å². The Morgan fingerprint density at radius 2 is 1.83 bits per heavy atom. The van der Waals surface area contributed by atoms with Crippen molar-refractivity contribution in [1.29, 1.82) is 0 Å². The number of imide groups is 1. The molecule has 70 valence electrons. The highest BCUT2D eigenvalue weighted by atomic mass is 16.3. The molecule has 0 aromatic carbocycles. The van der Waals surface area contributed by atoms with Crippen LogP contribution < -0.4 is 5.32 Å². The largest absolute Gasteiger partial charge is 0.387 e. The van der Waals surface area contributed by atoms with E-state index in [0.717, 1.165) is 0 Å². The monoisotopic (exact) mass is 174 g/mol. The molecule has 3 amide bonds. The minimum absolute atomic E-state index is 0.459. The molecule has 0 rings (SSSR count). The van der Waals surface area contributed by atoms with Crippen molar-refractivity contribution < 1.29 is 14.7 Å². The highest BCUT2D eigenvalue weighted by Crippen LogP contribution is 1.87. The fraction of sp³-hybridized carbons (Fsp3) is 0.714. The van der Waals surface area contributed by atoms with Gasteiger partial charge >= 0.3 is 6.03 Å². The lowest BCUT2D eigenvalue weighted by Gasteiger charge is -2.17. The zero-order chi connectivity index (χ0) is 9.56. The molecule has 0 fully saturated rings. The van der Waals surface area contributed by atoms with E-state index in [1.807, 2.05) is 19.2 Å². The standard InChI is InChI=1S/C7H14N2O3/c1-3-9(4-2)7(12)8-6(11)5-10/h10H,3-5H2,1-2H3,(H,8,11,12). The molecule has 0 atom stereocenters. The third kappa shape index (κ3) is 3.34. The number of aliphatic hydroxyl groups excluding tert-OH is 1. The predicted octanol–water partition coefficient (Wildman–Crippen LogP) is -0.443. The fourth-order valence-corrected chi connectivity index (χ4v) is 0.749.